The minimum Gasteiger partial charge on any atom is -0.466 e. The Morgan fingerprint density at radius 3 is 3.17 bits per heavy atom. The monoisotopic (exact) mass is 334 g/mol. The van der Waals surface area contributed by atoms with Gasteiger partial charge in [-0.05, 0) is 31.9 Å². The summed E-state index contributed by atoms with van der Waals surface area (Å²) in [5, 5.41) is 19.8. The molecule has 0 radical (unpaired) electrons. The highest BCUT2D eigenvalue weighted by molar-refractivity contribution is 5.88. The minimum absolute atomic E-state index is 0.0242. The number of hydrogen-bond donors (Lipinski definition) is 3. The summed E-state index contributed by atoms with van der Waals surface area (Å²) in [5.41, 5.74) is -0.687. The molecule has 1 fully saturated rings. The zero-order valence-corrected chi connectivity index (χ0v) is 13.6. The van der Waals surface area contributed by atoms with Crippen molar-refractivity contribution >= 4 is 11.7 Å². The molecule has 2 aromatic heterocycles. The summed E-state index contributed by atoms with van der Waals surface area (Å²) in [7, 11) is 0. The molecule has 0 spiro atoms. The number of nitrogens with one attached hydrogen (secondary N) is 2. The Labute approximate surface area is 139 Å². The van der Waals surface area contributed by atoms with Gasteiger partial charge in [0, 0.05) is 12.8 Å². The zero-order chi connectivity index (χ0) is 17.0. The highest BCUT2D eigenvalue weighted by atomic mass is 16.5. The number of nitrogens with zero attached hydrogens (tertiary/aromatic N) is 2. The van der Waals surface area contributed by atoms with Crippen molar-refractivity contribution in [2.75, 3.05) is 18.5 Å². The predicted molar refractivity (Wildman–Crippen MR) is 86.5 cm³/mol. The molecule has 8 heteroatoms. The molecule has 3 heterocycles. The highest BCUT2D eigenvalue weighted by Gasteiger charge is 2.26. The summed E-state index contributed by atoms with van der Waals surface area (Å²) in [6.45, 7) is 3.08. The SMILES string of the molecule is CC(O)(CNC(=O)Nc1cnn(CC2CCCO2)c1)c1ccco1. The zero-order valence-electron chi connectivity index (χ0n) is 13.6. The second-order valence-electron chi connectivity index (χ2n) is 6.14. The van der Waals surface area contributed by atoms with Crippen LogP contribution in [-0.4, -0.2) is 40.2 Å². The summed E-state index contributed by atoms with van der Waals surface area (Å²) >= 11 is 0. The van der Waals surface area contributed by atoms with Crippen LogP contribution in [0.1, 0.15) is 25.5 Å². The molecule has 1 aliphatic heterocycles. The fourth-order valence-electron chi connectivity index (χ4n) is 2.62. The van der Waals surface area contributed by atoms with Crippen molar-refractivity contribution in [2.24, 2.45) is 0 Å². The van der Waals surface area contributed by atoms with E-state index >= 15 is 0 Å². The van der Waals surface area contributed by atoms with Gasteiger partial charge in [-0.1, -0.05) is 0 Å². The van der Waals surface area contributed by atoms with Crippen LogP contribution in [-0.2, 0) is 16.9 Å². The lowest BCUT2D eigenvalue weighted by atomic mass is 10.0. The number of aliphatic hydroxyl groups is 1. The third-order valence-corrected chi connectivity index (χ3v) is 3.95. The predicted octanol–water partition coefficient (Wildman–Crippen LogP) is 1.68. The average Bonchev–Trinajstić information content (AvgIpc) is 3.28. The first-order chi connectivity index (χ1) is 11.5. The van der Waals surface area contributed by atoms with Gasteiger partial charge in [0.1, 0.15) is 11.4 Å². The first-order valence-corrected chi connectivity index (χ1v) is 7.98. The second-order valence-corrected chi connectivity index (χ2v) is 6.14. The van der Waals surface area contributed by atoms with E-state index in [2.05, 4.69) is 15.7 Å². The molecule has 8 nitrogen and oxygen atoms in total. The van der Waals surface area contributed by atoms with Crippen LogP contribution in [0.25, 0.3) is 0 Å². The van der Waals surface area contributed by atoms with Crippen LogP contribution in [0.3, 0.4) is 0 Å². The van der Waals surface area contributed by atoms with Crippen molar-refractivity contribution in [1.82, 2.24) is 15.1 Å². The topological polar surface area (TPSA) is 102 Å². The number of carbonyl (C=O) groups excluding carboxylic acids is 1. The van der Waals surface area contributed by atoms with Crippen molar-refractivity contribution < 1.29 is 19.1 Å². The maximum Gasteiger partial charge on any atom is 0.319 e. The Balaban J connectivity index is 1.47. The molecule has 2 aromatic rings. The number of ether oxygens (including phenoxy) is 1. The summed E-state index contributed by atoms with van der Waals surface area (Å²) in [5.74, 6) is 0.396. The van der Waals surface area contributed by atoms with Gasteiger partial charge in [0.15, 0.2) is 0 Å². The van der Waals surface area contributed by atoms with Gasteiger partial charge >= 0.3 is 6.03 Å². The number of hydrogen-bond acceptors (Lipinski definition) is 5. The second kappa shape index (κ2) is 7.06. The normalized spacial score (nSPS) is 19.8. The third-order valence-electron chi connectivity index (χ3n) is 3.95. The molecule has 2 unspecified atom stereocenters. The molecule has 0 aromatic carbocycles. The lowest BCUT2D eigenvalue weighted by molar-refractivity contribution is 0.0372. The first kappa shape index (κ1) is 16.5. The van der Waals surface area contributed by atoms with Gasteiger partial charge in [0.2, 0.25) is 0 Å². The summed E-state index contributed by atoms with van der Waals surface area (Å²) < 4.78 is 12.5. The summed E-state index contributed by atoms with van der Waals surface area (Å²) in [6.07, 6.45) is 7.12. The van der Waals surface area contributed by atoms with E-state index in [0.29, 0.717) is 18.0 Å². The van der Waals surface area contributed by atoms with Crippen molar-refractivity contribution in [3.8, 4) is 0 Å². The lowest BCUT2D eigenvalue weighted by Gasteiger charge is -2.21. The van der Waals surface area contributed by atoms with E-state index in [1.54, 1.807) is 36.1 Å². The van der Waals surface area contributed by atoms with Gasteiger partial charge in [-0.3, -0.25) is 4.68 Å². The average molecular weight is 334 g/mol. The van der Waals surface area contributed by atoms with E-state index in [1.807, 2.05) is 0 Å². The van der Waals surface area contributed by atoms with E-state index in [0.717, 1.165) is 19.4 Å². The van der Waals surface area contributed by atoms with Crippen LogP contribution in [0.2, 0.25) is 0 Å². The van der Waals surface area contributed by atoms with Gasteiger partial charge in [-0.2, -0.15) is 5.10 Å². The number of furan rings is 1. The van der Waals surface area contributed by atoms with Gasteiger partial charge in [-0.25, -0.2) is 4.79 Å². The Kier molecular flexibility index (Phi) is 4.86. The molecular weight excluding hydrogens is 312 g/mol. The Morgan fingerprint density at radius 1 is 1.58 bits per heavy atom. The maximum absolute atomic E-state index is 12.0. The van der Waals surface area contributed by atoms with Gasteiger partial charge in [0.25, 0.3) is 0 Å². The summed E-state index contributed by atoms with van der Waals surface area (Å²) in [4.78, 5) is 12.0. The molecular formula is C16H22N4O4. The highest BCUT2D eigenvalue weighted by Crippen LogP contribution is 2.20. The number of urea groups is 1. The molecule has 2 amide bonds. The van der Waals surface area contributed by atoms with E-state index in [4.69, 9.17) is 9.15 Å². The van der Waals surface area contributed by atoms with E-state index < -0.39 is 11.6 Å². The Morgan fingerprint density at radius 2 is 2.46 bits per heavy atom. The number of carbonyl (C=O) groups is 1. The van der Waals surface area contributed by atoms with Crippen LogP contribution < -0.4 is 10.6 Å². The number of rotatable bonds is 6. The minimum atomic E-state index is -1.27. The standard InChI is InChI=1S/C16H22N4O4/c1-16(22,14-5-3-7-24-14)11-17-15(21)19-12-8-18-20(9-12)10-13-4-2-6-23-13/h3,5,7-9,13,22H,2,4,6,10-11H2,1H3,(H2,17,19,21). The fourth-order valence-corrected chi connectivity index (χ4v) is 2.62. The molecule has 3 rings (SSSR count). The maximum atomic E-state index is 12.0. The van der Waals surface area contributed by atoms with Crippen molar-refractivity contribution in [2.45, 2.75) is 38.0 Å². The van der Waals surface area contributed by atoms with Crippen molar-refractivity contribution in [1.29, 1.82) is 0 Å². The van der Waals surface area contributed by atoms with Gasteiger partial charge < -0.3 is 24.9 Å². The molecule has 0 bridgehead atoms. The summed E-state index contributed by atoms with van der Waals surface area (Å²) in [6, 6.07) is 2.93. The molecule has 24 heavy (non-hydrogen) atoms. The van der Waals surface area contributed by atoms with E-state index in [-0.39, 0.29) is 12.6 Å². The smallest absolute Gasteiger partial charge is 0.319 e. The molecule has 2 atom stereocenters. The molecule has 0 saturated carbocycles. The van der Waals surface area contributed by atoms with Gasteiger partial charge in [0.05, 0.1) is 37.3 Å². The third kappa shape index (κ3) is 4.15. The Bertz CT molecular complexity index is 659. The van der Waals surface area contributed by atoms with Gasteiger partial charge in [-0.15, -0.1) is 0 Å². The quantitative estimate of drug-likeness (QED) is 0.746. The first-order valence-electron chi connectivity index (χ1n) is 7.98. The van der Waals surface area contributed by atoms with Crippen LogP contribution in [0.4, 0.5) is 10.5 Å². The number of amides is 2. The van der Waals surface area contributed by atoms with Crippen molar-refractivity contribution in [3.05, 3.63) is 36.5 Å². The number of anilines is 1. The van der Waals surface area contributed by atoms with Crippen LogP contribution in [0.5, 0.6) is 0 Å². The fraction of sp³-hybridized carbons (Fsp3) is 0.500. The Hall–Kier alpha value is -2.32. The molecule has 1 aliphatic rings. The molecule has 3 N–H and O–H groups in total. The van der Waals surface area contributed by atoms with Crippen LogP contribution in [0, 0.1) is 0 Å². The lowest BCUT2D eigenvalue weighted by Crippen LogP contribution is -2.40. The van der Waals surface area contributed by atoms with E-state index in [1.165, 1.54) is 6.26 Å². The van der Waals surface area contributed by atoms with Crippen LogP contribution >= 0.6 is 0 Å². The number of aromatic nitrogens is 2. The van der Waals surface area contributed by atoms with Crippen molar-refractivity contribution in [3.63, 3.8) is 0 Å². The molecule has 1 saturated heterocycles. The van der Waals surface area contributed by atoms with E-state index in [9.17, 15) is 9.90 Å². The largest absolute Gasteiger partial charge is 0.466 e. The molecule has 130 valence electrons. The van der Waals surface area contributed by atoms with Crippen LogP contribution in [0.15, 0.2) is 35.2 Å². The molecule has 0 aliphatic carbocycles.